The van der Waals surface area contributed by atoms with Gasteiger partial charge in [0, 0.05) is 24.0 Å². The van der Waals surface area contributed by atoms with Gasteiger partial charge in [-0.25, -0.2) is 8.42 Å². The number of hydrogen-bond donors (Lipinski definition) is 1. The zero-order chi connectivity index (χ0) is 22.9. The van der Waals surface area contributed by atoms with Crippen molar-refractivity contribution in [2.45, 2.75) is 18.2 Å². The number of rotatable bonds is 7. The van der Waals surface area contributed by atoms with Gasteiger partial charge < -0.3 is 0 Å². The molecule has 1 aliphatic rings. The molecule has 32 heavy (non-hydrogen) atoms. The fourth-order valence-corrected chi connectivity index (χ4v) is 4.46. The van der Waals surface area contributed by atoms with Gasteiger partial charge in [-0.3, -0.25) is 29.0 Å². The Morgan fingerprint density at radius 1 is 1.00 bits per heavy atom. The van der Waals surface area contributed by atoms with E-state index in [9.17, 15) is 22.8 Å². The minimum atomic E-state index is -3.85. The summed E-state index contributed by atoms with van der Waals surface area (Å²) >= 11 is 0. The molecule has 0 fully saturated rings. The van der Waals surface area contributed by atoms with Crippen molar-refractivity contribution >= 4 is 33.3 Å². The number of anilines is 1. The molecule has 0 spiro atoms. The molecule has 1 aliphatic heterocycles. The topological polar surface area (TPSA) is 114 Å². The fourth-order valence-electron chi connectivity index (χ4n) is 3.41. The number of pyridine rings is 1. The second-order valence-corrected chi connectivity index (χ2v) is 8.98. The molecule has 1 N–H and O–H groups in total. The number of amides is 2. The molecule has 4 rings (SSSR count). The summed E-state index contributed by atoms with van der Waals surface area (Å²) in [6, 6.07) is 15.6. The van der Waals surface area contributed by atoms with Crippen LogP contribution in [-0.2, 0) is 16.4 Å². The summed E-state index contributed by atoms with van der Waals surface area (Å²) < 4.78 is 27.8. The molecule has 0 saturated heterocycles. The van der Waals surface area contributed by atoms with Crippen LogP contribution >= 0.6 is 0 Å². The summed E-state index contributed by atoms with van der Waals surface area (Å²) in [6.07, 6.45) is 1.84. The molecule has 8 nitrogen and oxygen atoms in total. The van der Waals surface area contributed by atoms with E-state index in [1.54, 1.807) is 42.5 Å². The van der Waals surface area contributed by atoms with Crippen molar-refractivity contribution in [3.8, 4) is 0 Å². The van der Waals surface area contributed by atoms with Crippen LogP contribution in [0.25, 0.3) is 0 Å². The van der Waals surface area contributed by atoms with Gasteiger partial charge in [0.15, 0.2) is 5.78 Å². The Morgan fingerprint density at radius 3 is 2.44 bits per heavy atom. The molecule has 162 valence electrons. The van der Waals surface area contributed by atoms with Crippen LogP contribution in [0.5, 0.6) is 0 Å². The summed E-state index contributed by atoms with van der Waals surface area (Å²) in [4.78, 5) is 41.5. The maximum Gasteiger partial charge on any atom is 0.280 e. The number of carbonyl (C=O) groups excluding carboxylic acids is 3. The highest BCUT2D eigenvalue weighted by atomic mass is 32.2. The third kappa shape index (κ3) is 4.15. The SMILES string of the molecule is CC(=O)c1cccc(NS(=O)(=O)c2ccc(CCN3C(=O)c4cccnc4C3=O)cc2)c1. The number of sulfonamides is 1. The Kier molecular flexibility index (Phi) is 5.58. The quantitative estimate of drug-likeness (QED) is 0.438. The Morgan fingerprint density at radius 2 is 1.75 bits per heavy atom. The smallest absolute Gasteiger partial charge is 0.280 e. The number of carbonyl (C=O) groups is 3. The minimum absolute atomic E-state index is 0.0550. The van der Waals surface area contributed by atoms with E-state index < -0.39 is 15.9 Å². The first kappa shape index (κ1) is 21.4. The van der Waals surface area contributed by atoms with Gasteiger partial charge >= 0.3 is 0 Å². The summed E-state index contributed by atoms with van der Waals surface area (Å²) in [5, 5.41) is 0. The van der Waals surface area contributed by atoms with Crippen molar-refractivity contribution in [2.75, 3.05) is 11.3 Å². The largest absolute Gasteiger partial charge is 0.295 e. The first-order valence-corrected chi connectivity index (χ1v) is 11.3. The summed E-state index contributed by atoms with van der Waals surface area (Å²) in [5.41, 5.74) is 1.91. The van der Waals surface area contributed by atoms with Gasteiger partial charge in [0.25, 0.3) is 21.8 Å². The summed E-state index contributed by atoms with van der Waals surface area (Å²) in [7, 11) is -3.85. The zero-order valence-corrected chi connectivity index (χ0v) is 17.9. The molecule has 2 aromatic carbocycles. The normalized spacial score (nSPS) is 13.2. The molecule has 0 unspecified atom stereocenters. The van der Waals surface area contributed by atoms with Gasteiger partial charge in [-0.2, -0.15) is 0 Å². The molecule has 3 aromatic rings. The van der Waals surface area contributed by atoms with Crippen LogP contribution in [0.4, 0.5) is 5.69 Å². The Bertz CT molecular complexity index is 1300. The highest BCUT2D eigenvalue weighted by Crippen LogP contribution is 2.22. The van der Waals surface area contributed by atoms with Crippen LogP contribution in [0.15, 0.2) is 71.8 Å². The van der Waals surface area contributed by atoms with Crippen LogP contribution in [-0.4, -0.2) is 42.4 Å². The number of ketones is 1. The van der Waals surface area contributed by atoms with Crippen molar-refractivity contribution in [3.63, 3.8) is 0 Å². The molecule has 0 atom stereocenters. The van der Waals surface area contributed by atoms with Crippen molar-refractivity contribution in [3.05, 3.63) is 89.2 Å². The van der Waals surface area contributed by atoms with E-state index in [4.69, 9.17) is 0 Å². The number of Topliss-reactive ketones (excluding diaryl/α,β-unsaturated/α-hetero) is 1. The molecule has 0 saturated carbocycles. The van der Waals surface area contributed by atoms with Crippen LogP contribution < -0.4 is 4.72 Å². The number of nitrogens with zero attached hydrogens (tertiary/aromatic N) is 2. The summed E-state index contributed by atoms with van der Waals surface area (Å²) in [6.45, 7) is 1.57. The van der Waals surface area contributed by atoms with Crippen LogP contribution in [0, 0.1) is 0 Å². The molecular formula is C23H19N3O5S. The Balaban J connectivity index is 1.43. The third-order valence-electron chi connectivity index (χ3n) is 5.11. The zero-order valence-electron chi connectivity index (χ0n) is 17.1. The lowest BCUT2D eigenvalue weighted by molar-refractivity contribution is 0.0654. The average Bonchev–Trinajstić information content (AvgIpc) is 3.02. The number of hydrogen-bond acceptors (Lipinski definition) is 6. The van der Waals surface area contributed by atoms with E-state index in [0.29, 0.717) is 23.2 Å². The van der Waals surface area contributed by atoms with Crippen molar-refractivity contribution in [1.82, 2.24) is 9.88 Å². The average molecular weight is 449 g/mol. The molecule has 9 heteroatoms. The van der Waals surface area contributed by atoms with Crippen LogP contribution in [0.2, 0.25) is 0 Å². The van der Waals surface area contributed by atoms with Crippen LogP contribution in [0.1, 0.15) is 43.7 Å². The molecule has 1 aromatic heterocycles. The van der Waals surface area contributed by atoms with Gasteiger partial charge in [0.1, 0.15) is 5.69 Å². The Hall–Kier alpha value is -3.85. The molecule has 2 amide bonds. The molecule has 0 bridgehead atoms. The molecular weight excluding hydrogens is 430 g/mol. The first-order chi connectivity index (χ1) is 15.3. The third-order valence-corrected chi connectivity index (χ3v) is 6.51. The van der Waals surface area contributed by atoms with Crippen molar-refractivity contribution < 1.29 is 22.8 Å². The summed E-state index contributed by atoms with van der Waals surface area (Å²) in [5.74, 6) is -0.972. The van der Waals surface area contributed by atoms with E-state index in [2.05, 4.69) is 9.71 Å². The van der Waals surface area contributed by atoms with Gasteiger partial charge in [-0.15, -0.1) is 0 Å². The second kappa shape index (κ2) is 8.35. The highest BCUT2D eigenvalue weighted by Gasteiger charge is 2.36. The van der Waals surface area contributed by atoms with E-state index in [1.165, 1.54) is 31.3 Å². The van der Waals surface area contributed by atoms with Gasteiger partial charge in [0.2, 0.25) is 0 Å². The molecule has 0 radical (unpaired) electrons. The second-order valence-electron chi connectivity index (χ2n) is 7.30. The number of imide groups is 1. The number of nitrogens with one attached hydrogen (secondary N) is 1. The minimum Gasteiger partial charge on any atom is -0.295 e. The van der Waals surface area contributed by atoms with Gasteiger partial charge in [-0.1, -0.05) is 24.3 Å². The van der Waals surface area contributed by atoms with E-state index >= 15 is 0 Å². The lowest BCUT2D eigenvalue weighted by atomic mass is 10.1. The Labute approximate surface area is 185 Å². The van der Waals surface area contributed by atoms with E-state index in [-0.39, 0.29) is 28.8 Å². The molecule has 2 heterocycles. The van der Waals surface area contributed by atoms with Gasteiger partial charge in [-0.05, 0) is 55.3 Å². The first-order valence-electron chi connectivity index (χ1n) is 9.80. The standard InChI is InChI=1S/C23H19N3O5S/c1-15(27)17-4-2-5-18(14-17)25-32(30,31)19-9-7-16(8-10-19)11-13-26-22(28)20-6-3-12-24-21(20)23(26)29/h2-10,12,14,25H,11,13H2,1H3. The van der Waals surface area contributed by atoms with E-state index in [0.717, 1.165) is 10.5 Å². The number of aromatic nitrogens is 1. The fraction of sp³-hybridized carbons (Fsp3) is 0.130. The molecule has 0 aliphatic carbocycles. The highest BCUT2D eigenvalue weighted by molar-refractivity contribution is 7.92. The maximum atomic E-state index is 12.7. The van der Waals surface area contributed by atoms with Crippen molar-refractivity contribution in [2.24, 2.45) is 0 Å². The number of benzene rings is 2. The monoisotopic (exact) mass is 449 g/mol. The number of fused-ring (bicyclic) bond motifs is 1. The predicted octanol–water partition coefficient (Wildman–Crippen LogP) is 2.92. The van der Waals surface area contributed by atoms with Crippen molar-refractivity contribution in [1.29, 1.82) is 0 Å². The van der Waals surface area contributed by atoms with E-state index in [1.807, 2.05) is 0 Å². The lowest BCUT2D eigenvalue weighted by Gasteiger charge is -2.14. The lowest BCUT2D eigenvalue weighted by Crippen LogP contribution is -2.31. The van der Waals surface area contributed by atoms with Gasteiger partial charge in [0.05, 0.1) is 10.5 Å². The predicted molar refractivity (Wildman–Crippen MR) is 117 cm³/mol. The van der Waals surface area contributed by atoms with Crippen LogP contribution in [0.3, 0.4) is 0 Å². The maximum absolute atomic E-state index is 12.7.